The lowest BCUT2D eigenvalue weighted by Gasteiger charge is -2.29. The first-order valence-corrected chi connectivity index (χ1v) is 5.59. The van der Waals surface area contributed by atoms with E-state index < -0.39 is 11.3 Å². The van der Waals surface area contributed by atoms with Gasteiger partial charge in [-0.2, -0.15) is 0 Å². The average Bonchev–Trinajstić information content (AvgIpc) is 2.19. The molecule has 1 atom stereocenters. The summed E-state index contributed by atoms with van der Waals surface area (Å²) in [7, 11) is 1.94. The number of ether oxygens (including phenoxy) is 1. The molecule has 1 aliphatic heterocycles. The van der Waals surface area contributed by atoms with Crippen LogP contribution in [-0.4, -0.2) is 29.0 Å². The first-order chi connectivity index (χ1) is 7.18. The molecule has 1 aromatic rings. The molecule has 0 bridgehead atoms. The zero-order valence-electron chi connectivity index (χ0n) is 8.23. The Morgan fingerprint density at radius 3 is 3.13 bits per heavy atom. The van der Waals surface area contributed by atoms with Gasteiger partial charge in [0.25, 0.3) is 0 Å². The highest BCUT2D eigenvalue weighted by Crippen LogP contribution is 2.37. The van der Waals surface area contributed by atoms with Gasteiger partial charge >= 0.3 is 0 Å². The van der Waals surface area contributed by atoms with E-state index in [0.29, 0.717) is 18.0 Å². The maximum Gasteiger partial charge on any atom is 0.166 e. The second kappa shape index (κ2) is 4.08. The monoisotopic (exact) mass is 227 g/mol. The number of fused-ring (bicyclic) bond motifs is 1. The molecule has 0 fully saturated rings. The van der Waals surface area contributed by atoms with Crippen molar-refractivity contribution >= 4 is 22.6 Å². The smallest absolute Gasteiger partial charge is 0.166 e. The van der Waals surface area contributed by atoms with Crippen LogP contribution in [0.3, 0.4) is 0 Å². The molecule has 0 spiro atoms. The third kappa shape index (κ3) is 2.05. The predicted octanol–water partition coefficient (Wildman–Crippen LogP) is 0.721. The van der Waals surface area contributed by atoms with E-state index in [-0.39, 0.29) is 0 Å². The van der Waals surface area contributed by atoms with Crippen molar-refractivity contribution in [2.45, 2.75) is 0 Å². The van der Waals surface area contributed by atoms with Crippen LogP contribution in [-0.2, 0) is 11.3 Å². The number of likely N-dealkylation sites (N-methyl/N-ethyl adjacent to an activating group) is 1. The predicted molar refractivity (Wildman–Crippen MR) is 57.7 cm³/mol. The Hall–Kier alpha value is -1.27. The number of hydrogen-bond donors (Lipinski definition) is 1. The summed E-state index contributed by atoms with van der Waals surface area (Å²) in [6, 6.07) is 5.36. The van der Waals surface area contributed by atoms with E-state index in [4.69, 9.17) is 4.74 Å². The van der Waals surface area contributed by atoms with Crippen LogP contribution in [0.1, 0.15) is 0 Å². The number of anilines is 2. The van der Waals surface area contributed by atoms with Gasteiger partial charge in [-0.25, -0.2) is 0 Å². The highest BCUT2D eigenvalue weighted by molar-refractivity contribution is 7.80. The van der Waals surface area contributed by atoms with Crippen molar-refractivity contribution in [2.24, 2.45) is 0 Å². The lowest BCUT2D eigenvalue weighted by Crippen LogP contribution is -2.29. The van der Waals surface area contributed by atoms with Gasteiger partial charge in [0.15, 0.2) is 5.75 Å². The summed E-state index contributed by atoms with van der Waals surface area (Å²) in [6.45, 7) is 1.37. The molecule has 82 valence electrons. The van der Waals surface area contributed by atoms with Gasteiger partial charge < -0.3 is 18.9 Å². The van der Waals surface area contributed by atoms with Gasteiger partial charge in [0.1, 0.15) is 6.61 Å². The first-order valence-electron chi connectivity index (χ1n) is 4.51. The Labute approximate surface area is 90.5 Å². The number of hydrogen-bond acceptors (Lipinski definition) is 4. The highest BCUT2D eigenvalue weighted by atomic mass is 32.2. The van der Waals surface area contributed by atoms with Crippen LogP contribution in [0.15, 0.2) is 18.2 Å². The first kappa shape index (κ1) is 10.3. The molecule has 1 N–H and O–H groups in total. The minimum atomic E-state index is -2.32. The van der Waals surface area contributed by atoms with Crippen molar-refractivity contribution in [3.05, 3.63) is 18.2 Å². The Balaban J connectivity index is 2.40. The molecule has 0 radical (unpaired) electrons. The third-order valence-corrected chi connectivity index (χ3v) is 2.66. The minimum absolute atomic E-state index is 0.479. The topological polar surface area (TPSA) is 64.6 Å². The lowest BCUT2D eigenvalue weighted by atomic mass is 10.2. The van der Waals surface area contributed by atoms with Crippen molar-refractivity contribution in [2.75, 3.05) is 29.8 Å². The third-order valence-electron chi connectivity index (χ3n) is 2.27. The molecule has 0 saturated carbocycles. The van der Waals surface area contributed by atoms with Crippen molar-refractivity contribution in [1.29, 1.82) is 0 Å². The molecule has 2 rings (SSSR count). The summed E-state index contributed by atoms with van der Waals surface area (Å²) in [5.41, 5.74) is 1.38. The van der Waals surface area contributed by atoms with E-state index in [1.807, 2.05) is 18.0 Å². The van der Waals surface area contributed by atoms with Crippen molar-refractivity contribution in [3.8, 4) is 5.75 Å². The van der Waals surface area contributed by atoms with Gasteiger partial charge in [-0.05, 0) is 12.1 Å². The molecule has 5 nitrogen and oxygen atoms in total. The van der Waals surface area contributed by atoms with Crippen LogP contribution in [0.25, 0.3) is 0 Å². The van der Waals surface area contributed by atoms with Crippen LogP contribution in [0.2, 0.25) is 0 Å². The SMILES string of the molecule is CN1CCOc2c(NS(=O)[O-])cccc21. The Bertz CT molecular complexity index is 397. The quantitative estimate of drug-likeness (QED) is 0.756. The fourth-order valence-electron chi connectivity index (χ4n) is 1.55. The van der Waals surface area contributed by atoms with E-state index in [2.05, 4.69) is 4.72 Å². The summed E-state index contributed by atoms with van der Waals surface area (Å²) in [5, 5.41) is 0. The molecule has 15 heavy (non-hydrogen) atoms. The van der Waals surface area contributed by atoms with Crippen LogP contribution in [0.4, 0.5) is 11.4 Å². The van der Waals surface area contributed by atoms with Crippen LogP contribution >= 0.6 is 0 Å². The molecular weight excluding hydrogens is 216 g/mol. The molecule has 1 aromatic carbocycles. The standard InChI is InChI=1S/C9H12N2O3S/c1-11-5-6-14-9-7(10-15(12)13)3-2-4-8(9)11/h2-4,10H,5-6H2,1H3,(H,12,13)/p-1. The normalized spacial score (nSPS) is 16.5. The van der Waals surface area contributed by atoms with Gasteiger partial charge in [-0.15, -0.1) is 0 Å². The summed E-state index contributed by atoms with van der Waals surface area (Å²) in [5.74, 6) is 0.593. The number of nitrogens with one attached hydrogen (secondary N) is 1. The van der Waals surface area contributed by atoms with E-state index in [1.54, 1.807) is 12.1 Å². The molecular formula is C9H11N2O3S-. The van der Waals surface area contributed by atoms with E-state index in [1.165, 1.54) is 0 Å². The van der Waals surface area contributed by atoms with Crippen LogP contribution < -0.4 is 14.4 Å². The van der Waals surface area contributed by atoms with Gasteiger partial charge in [0.2, 0.25) is 0 Å². The van der Waals surface area contributed by atoms with Gasteiger partial charge in [-0.3, -0.25) is 4.21 Å². The Kier molecular flexibility index (Phi) is 2.79. The molecule has 0 aliphatic carbocycles. The highest BCUT2D eigenvalue weighted by Gasteiger charge is 2.17. The Morgan fingerprint density at radius 1 is 1.60 bits per heavy atom. The number of nitrogens with zero attached hydrogens (tertiary/aromatic N) is 1. The van der Waals surface area contributed by atoms with Crippen molar-refractivity contribution < 1.29 is 13.5 Å². The van der Waals surface area contributed by atoms with E-state index >= 15 is 0 Å². The molecule has 0 amide bonds. The zero-order valence-corrected chi connectivity index (χ0v) is 9.04. The fraction of sp³-hybridized carbons (Fsp3) is 0.333. The molecule has 1 unspecified atom stereocenters. The number of benzene rings is 1. The number of para-hydroxylation sites is 1. The summed E-state index contributed by atoms with van der Waals surface area (Å²) >= 11 is -2.32. The van der Waals surface area contributed by atoms with Crippen LogP contribution in [0, 0.1) is 0 Å². The van der Waals surface area contributed by atoms with Gasteiger partial charge in [0.05, 0.1) is 17.9 Å². The maximum absolute atomic E-state index is 10.6. The molecule has 1 heterocycles. The van der Waals surface area contributed by atoms with Gasteiger partial charge in [0, 0.05) is 18.3 Å². The number of rotatable bonds is 2. The lowest BCUT2D eigenvalue weighted by molar-refractivity contribution is 0.313. The molecule has 0 aromatic heterocycles. The second-order valence-corrected chi connectivity index (χ2v) is 3.93. The van der Waals surface area contributed by atoms with Crippen LogP contribution in [0.5, 0.6) is 5.75 Å². The van der Waals surface area contributed by atoms with Crippen molar-refractivity contribution in [3.63, 3.8) is 0 Å². The zero-order chi connectivity index (χ0) is 10.8. The summed E-state index contributed by atoms with van der Waals surface area (Å²) in [6.07, 6.45) is 0. The van der Waals surface area contributed by atoms with Gasteiger partial charge in [-0.1, -0.05) is 6.07 Å². The second-order valence-electron chi connectivity index (χ2n) is 3.26. The fourth-order valence-corrected chi connectivity index (χ4v) is 1.89. The largest absolute Gasteiger partial charge is 0.755 e. The average molecular weight is 227 g/mol. The minimum Gasteiger partial charge on any atom is -0.755 e. The molecule has 0 saturated heterocycles. The maximum atomic E-state index is 10.6. The molecule has 6 heteroatoms. The Morgan fingerprint density at radius 2 is 2.40 bits per heavy atom. The summed E-state index contributed by atoms with van der Waals surface area (Å²) in [4.78, 5) is 2.03. The van der Waals surface area contributed by atoms with Crippen molar-refractivity contribution in [1.82, 2.24) is 0 Å². The summed E-state index contributed by atoms with van der Waals surface area (Å²) < 4.78 is 28.9. The van der Waals surface area contributed by atoms with E-state index in [9.17, 15) is 8.76 Å². The van der Waals surface area contributed by atoms with E-state index in [0.717, 1.165) is 12.2 Å². The molecule has 1 aliphatic rings.